The molecule has 6 nitrogen and oxygen atoms in total. The molecule has 0 spiro atoms. The summed E-state index contributed by atoms with van der Waals surface area (Å²) >= 11 is 0. The first-order chi connectivity index (χ1) is 30.0. The largest absolute Gasteiger partial charge is 0.462 e. The van der Waals surface area contributed by atoms with Crippen LogP contribution in [-0.4, -0.2) is 46.9 Å². The maximum Gasteiger partial charge on any atom is 0.306 e. The fourth-order valence-corrected chi connectivity index (χ4v) is 6.90. The number of aliphatic hydroxyl groups is 2. The Kier molecular flexibility index (Phi) is 45.3. The molecule has 0 heterocycles. The quantitative estimate of drug-likeness (QED) is 0.0323. The third-order valence-corrected chi connectivity index (χ3v) is 10.7. The van der Waals surface area contributed by atoms with Gasteiger partial charge in [-0.05, 0) is 96.3 Å². The average molecular weight is 848 g/mol. The minimum atomic E-state index is -0.814. The molecule has 0 saturated heterocycles. The van der Waals surface area contributed by atoms with Crippen molar-refractivity contribution < 1.29 is 24.5 Å². The molecule has 3 atom stereocenters. The highest BCUT2D eigenvalue weighted by Gasteiger charge is 2.24. The molecule has 0 bridgehead atoms. The lowest BCUT2D eigenvalue weighted by molar-refractivity contribution is -0.150. The number of carbonyl (C=O) groups is 2. The lowest BCUT2D eigenvalue weighted by Gasteiger charge is -2.24. The van der Waals surface area contributed by atoms with Gasteiger partial charge in [-0.3, -0.25) is 9.59 Å². The summed E-state index contributed by atoms with van der Waals surface area (Å²) < 4.78 is 5.86. The van der Waals surface area contributed by atoms with Crippen molar-refractivity contribution in [3.8, 4) is 0 Å². The molecule has 0 rings (SSSR count). The normalized spacial score (nSPS) is 14.1. The number of ether oxygens (including phenoxy) is 1. The molecule has 0 saturated carbocycles. The molecule has 61 heavy (non-hydrogen) atoms. The SMILES string of the molecule is CC/C=C/C/C=C/C/C=C/C/C=C/C/C=C/CCC(=O)OC(CCCC/C=C\C/C=C\C/C=C\CCCCC)CC(=O)NC(CO)C(O)CCCCCCCCCCCCC. The second-order valence-electron chi connectivity index (χ2n) is 16.5. The van der Waals surface area contributed by atoms with Gasteiger partial charge in [0.15, 0.2) is 0 Å². The van der Waals surface area contributed by atoms with E-state index in [4.69, 9.17) is 4.74 Å². The van der Waals surface area contributed by atoms with Crippen molar-refractivity contribution in [2.24, 2.45) is 0 Å². The molecule has 0 aromatic heterocycles. The van der Waals surface area contributed by atoms with Gasteiger partial charge in [-0.15, -0.1) is 0 Å². The lowest BCUT2D eigenvalue weighted by Crippen LogP contribution is -2.46. The van der Waals surface area contributed by atoms with E-state index < -0.39 is 18.2 Å². The summed E-state index contributed by atoms with van der Waals surface area (Å²) in [6, 6.07) is -0.733. The first kappa shape index (κ1) is 57.8. The molecular formula is C55H93NO5. The molecule has 3 N–H and O–H groups in total. The number of nitrogens with one attached hydrogen (secondary N) is 1. The molecule has 0 aromatic rings. The average Bonchev–Trinajstić information content (AvgIpc) is 3.25. The van der Waals surface area contributed by atoms with Gasteiger partial charge in [0, 0.05) is 6.42 Å². The van der Waals surface area contributed by atoms with Crippen LogP contribution in [0.15, 0.2) is 97.2 Å². The molecule has 348 valence electrons. The molecule has 0 fully saturated rings. The van der Waals surface area contributed by atoms with E-state index in [-0.39, 0.29) is 31.3 Å². The Labute approximate surface area is 376 Å². The van der Waals surface area contributed by atoms with Gasteiger partial charge in [0.1, 0.15) is 6.10 Å². The summed E-state index contributed by atoms with van der Waals surface area (Å²) in [5.74, 6) is -0.619. The van der Waals surface area contributed by atoms with E-state index in [1.807, 2.05) is 6.08 Å². The molecule has 3 unspecified atom stereocenters. The van der Waals surface area contributed by atoms with Crippen molar-refractivity contribution >= 4 is 11.9 Å². The van der Waals surface area contributed by atoms with E-state index >= 15 is 0 Å². The number of hydrogen-bond donors (Lipinski definition) is 3. The van der Waals surface area contributed by atoms with Crippen LogP contribution in [0, 0.1) is 0 Å². The summed E-state index contributed by atoms with van der Waals surface area (Å²) in [4.78, 5) is 26.1. The molecule has 0 aliphatic heterocycles. The van der Waals surface area contributed by atoms with Gasteiger partial charge in [-0.1, -0.05) is 201 Å². The van der Waals surface area contributed by atoms with Gasteiger partial charge >= 0.3 is 5.97 Å². The Hall–Kier alpha value is -3.22. The van der Waals surface area contributed by atoms with Crippen molar-refractivity contribution in [2.45, 2.75) is 232 Å². The number of unbranched alkanes of at least 4 members (excludes halogenated alkanes) is 15. The molecule has 0 aliphatic carbocycles. The van der Waals surface area contributed by atoms with Crippen molar-refractivity contribution in [1.29, 1.82) is 0 Å². The highest BCUT2D eigenvalue weighted by molar-refractivity contribution is 5.77. The van der Waals surface area contributed by atoms with Crippen LogP contribution in [-0.2, 0) is 14.3 Å². The Bertz CT molecular complexity index is 1220. The zero-order chi connectivity index (χ0) is 44.5. The fourth-order valence-electron chi connectivity index (χ4n) is 6.90. The van der Waals surface area contributed by atoms with Crippen molar-refractivity contribution in [2.75, 3.05) is 6.61 Å². The minimum absolute atomic E-state index is 0.0166. The van der Waals surface area contributed by atoms with Gasteiger partial charge in [0.2, 0.25) is 5.91 Å². The predicted molar refractivity (Wildman–Crippen MR) is 264 cm³/mol. The first-order valence-electron chi connectivity index (χ1n) is 25.0. The first-order valence-corrected chi connectivity index (χ1v) is 25.0. The maximum absolute atomic E-state index is 13.2. The van der Waals surface area contributed by atoms with E-state index in [2.05, 4.69) is 117 Å². The van der Waals surface area contributed by atoms with Crippen LogP contribution in [0.25, 0.3) is 0 Å². The van der Waals surface area contributed by atoms with Gasteiger partial charge in [-0.2, -0.15) is 0 Å². The number of amides is 1. The van der Waals surface area contributed by atoms with E-state index in [1.54, 1.807) is 0 Å². The van der Waals surface area contributed by atoms with Crippen LogP contribution in [0.3, 0.4) is 0 Å². The monoisotopic (exact) mass is 848 g/mol. The van der Waals surface area contributed by atoms with Crippen molar-refractivity contribution in [3.05, 3.63) is 97.2 Å². The molecule has 0 aromatic carbocycles. The molecule has 0 radical (unpaired) electrons. The van der Waals surface area contributed by atoms with Crippen LogP contribution in [0.2, 0.25) is 0 Å². The fraction of sp³-hybridized carbons (Fsp3) is 0.673. The summed E-state index contributed by atoms with van der Waals surface area (Å²) in [5.41, 5.74) is 0. The second-order valence-corrected chi connectivity index (χ2v) is 16.5. The summed E-state index contributed by atoms with van der Waals surface area (Å²) in [5, 5.41) is 23.7. The number of hydrogen-bond acceptors (Lipinski definition) is 5. The number of aliphatic hydroxyl groups excluding tert-OH is 2. The summed E-state index contributed by atoms with van der Waals surface area (Å²) in [6.45, 7) is 6.29. The zero-order valence-electron chi connectivity index (χ0n) is 39.5. The van der Waals surface area contributed by atoms with E-state index in [1.165, 1.54) is 77.0 Å². The lowest BCUT2D eigenvalue weighted by atomic mass is 10.0. The van der Waals surface area contributed by atoms with Crippen molar-refractivity contribution in [1.82, 2.24) is 5.32 Å². The third kappa shape index (κ3) is 43.2. The third-order valence-electron chi connectivity index (χ3n) is 10.7. The standard InChI is InChI=1S/C55H93NO5/c1-4-7-10-13-16-19-22-24-26-28-30-33-36-39-42-45-48-55(60)61-51(46-43-40-37-34-32-29-27-25-23-20-17-14-11-8-5-2)49-54(59)56-52(50-57)53(58)47-44-41-38-35-31-21-18-15-12-9-6-3/h7,10,16-17,19-20,24-27,30,32-34,39,42,51-53,57-58H,4-6,8-9,11-15,18,21-23,28-29,31,35-38,40-41,43-50H2,1-3H3,(H,56,59)/b10-7+,19-16+,20-17-,26-24+,27-25-,33-30+,34-32-,42-39+. The van der Waals surface area contributed by atoms with E-state index in [0.29, 0.717) is 19.3 Å². The highest BCUT2D eigenvalue weighted by Crippen LogP contribution is 2.16. The molecule has 6 heteroatoms. The maximum atomic E-state index is 13.2. The molecule has 0 aliphatic rings. The Balaban J connectivity index is 4.81. The minimum Gasteiger partial charge on any atom is -0.462 e. The smallest absolute Gasteiger partial charge is 0.306 e. The Morgan fingerprint density at radius 3 is 1.36 bits per heavy atom. The number of rotatable bonds is 43. The Morgan fingerprint density at radius 2 is 0.885 bits per heavy atom. The van der Waals surface area contributed by atoms with Crippen LogP contribution in [0.5, 0.6) is 0 Å². The van der Waals surface area contributed by atoms with Gasteiger partial charge in [-0.25, -0.2) is 0 Å². The van der Waals surface area contributed by atoms with E-state index in [0.717, 1.165) is 83.5 Å². The summed E-state index contributed by atoms with van der Waals surface area (Å²) in [7, 11) is 0. The van der Waals surface area contributed by atoms with Gasteiger partial charge in [0.25, 0.3) is 0 Å². The van der Waals surface area contributed by atoms with E-state index in [9.17, 15) is 19.8 Å². The number of esters is 1. The number of allylic oxidation sites excluding steroid dienone is 16. The van der Waals surface area contributed by atoms with Crippen LogP contribution in [0.4, 0.5) is 0 Å². The van der Waals surface area contributed by atoms with Gasteiger partial charge < -0.3 is 20.3 Å². The summed E-state index contributed by atoms with van der Waals surface area (Å²) in [6.07, 6.45) is 63.3. The number of carbonyl (C=O) groups excluding carboxylic acids is 2. The van der Waals surface area contributed by atoms with Crippen LogP contribution in [0.1, 0.15) is 213 Å². The highest BCUT2D eigenvalue weighted by atomic mass is 16.5. The molecule has 1 amide bonds. The van der Waals surface area contributed by atoms with Crippen LogP contribution >= 0.6 is 0 Å². The topological polar surface area (TPSA) is 95.9 Å². The second kappa shape index (κ2) is 47.8. The predicted octanol–water partition coefficient (Wildman–Crippen LogP) is 14.9. The van der Waals surface area contributed by atoms with Crippen LogP contribution < -0.4 is 5.32 Å². The molecular weight excluding hydrogens is 755 g/mol. The van der Waals surface area contributed by atoms with Crippen molar-refractivity contribution in [3.63, 3.8) is 0 Å². The Morgan fingerprint density at radius 1 is 0.492 bits per heavy atom. The zero-order valence-corrected chi connectivity index (χ0v) is 39.5. The van der Waals surface area contributed by atoms with Gasteiger partial charge in [0.05, 0.1) is 25.2 Å².